The van der Waals surface area contributed by atoms with Crippen molar-refractivity contribution in [3.05, 3.63) is 33.9 Å². The number of carbonyl (C=O) groups is 1. The fourth-order valence-electron chi connectivity index (χ4n) is 1.97. The van der Waals surface area contributed by atoms with E-state index in [4.69, 9.17) is 9.47 Å². The number of nitrogens with one attached hydrogen (secondary N) is 1. The van der Waals surface area contributed by atoms with E-state index in [-0.39, 0.29) is 17.4 Å². The molecule has 1 aliphatic rings. The average Bonchev–Trinajstić information content (AvgIpc) is 2.34. The number of rotatable bonds is 5. The van der Waals surface area contributed by atoms with Crippen molar-refractivity contribution in [2.24, 2.45) is 0 Å². The predicted molar refractivity (Wildman–Crippen MR) is 81.1 cm³/mol. The molecular formula is C15H20N2O5. The van der Waals surface area contributed by atoms with Crippen molar-refractivity contribution < 1.29 is 19.2 Å². The Kier molecular flexibility index (Phi) is 4.65. The van der Waals surface area contributed by atoms with Gasteiger partial charge in [-0.3, -0.25) is 10.1 Å². The van der Waals surface area contributed by atoms with E-state index < -0.39 is 16.5 Å². The highest BCUT2D eigenvalue weighted by atomic mass is 16.6. The van der Waals surface area contributed by atoms with Crippen molar-refractivity contribution in [2.45, 2.75) is 38.9 Å². The minimum absolute atomic E-state index is 0.0600. The van der Waals surface area contributed by atoms with Crippen LogP contribution in [0.1, 0.15) is 37.6 Å². The lowest BCUT2D eigenvalue weighted by Gasteiger charge is -2.26. The molecule has 1 aromatic carbocycles. The summed E-state index contributed by atoms with van der Waals surface area (Å²) in [6.45, 7) is 6.49. The number of anilines is 1. The Labute approximate surface area is 128 Å². The van der Waals surface area contributed by atoms with Crippen LogP contribution in [0.25, 0.3) is 0 Å². The summed E-state index contributed by atoms with van der Waals surface area (Å²) in [5.74, 6) is -0.509. The number of ether oxygens (including phenoxy) is 2. The number of nitro groups is 1. The quantitative estimate of drug-likeness (QED) is 0.511. The highest BCUT2D eigenvalue weighted by molar-refractivity contribution is 5.91. The first-order chi connectivity index (χ1) is 10.3. The molecule has 0 bridgehead atoms. The van der Waals surface area contributed by atoms with Gasteiger partial charge in [0.25, 0.3) is 5.69 Å². The molecule has 0 aromatic heterocycles. The highest BCUT2D eigenvalue weighted by Gasteiger charge is 2.23. The minimum atomic E-state index is -0.619. The molecule has 1 aliphatic heterocycles. The standard InChI is InChI=1S/C15H20N2O5/c1-15(2,3)22-14(18)10-4-5-13(17(19)20)12(8-10)16-9-11-6-7-21-11/h4-5,8,11,16H,6-7,9H2,1-3H3. The Balaban J connectivity index is 2.17. The van der Waals surface area contributed by atoms with Crippen LogP contribution in [-0.2, 0) is 9.47 Å². The zero-order chi connectivity index (χ0) is 16.3. The number of nitro benzene ring substituents is 1. The van der Waals surface area contributed by atoms with Gasteiger partial charge in [0.15, 0.2) is 0 Å². The second-order valence-corrected chi connectivity index (χ2v) is 6.15. The molecule has 1 unspecified atom stereocenters. The summed E-state index contributed by atoms with van der Waals surface area (Å²) in [5, 5.41) is 14.1. The minimum Gasteiger partial charge on any atom is -0.456 e. The molecule has 1 heterocycles. The maximum absolute atomic E-state index is 12.1. The van der Waals surface area contributed by atoms with Gasteiger partial charge in [0.1, 0.15) is 11.3 Å². The van der Waals surface area contributed by atoms with Gasteiger partial charge in [-0.25, -0.2) is 4.79 Å². The molecule has 120 valence electrons. The Morgan fingerprint density at radius 3 is 2.68 bits per heavy atom. The maximum atomic E-state index is 12.1. The lowest BCUT2D eigenvalue weighted by Crippen LogP contribution is -2.33. The SMILES string of the molecule is CC(C)(C)OC(=O)c1ccc([N+](=O)[O-])c(NCC2CCO2)c1. The number of carbonyl (C=O) groups excluding carboxylic acids is 1. The first-order valence-electron chi connectivity index (χ1n) is 7.13. The Morgan fingerprint density at radius 1 is 1.50 bits per heavy atom. The summed E-state index contributed by atoms with van der Waals surface area (Å²) in [6.07, 6.45) is 0.983. The van der Waals surface area contributed by atoms with E-state index in [0.717, 1.165) is 6.42 Å². The number of hydrogen-bond donors (Lipinski definition) is 1. The first-order valence-corrected chi connectivity index (χ1v) is 7.13. The molecule has 1 fully saturated rings. The molecule has 22 heavy (non-hydrogen) atoms. The summed E-state index contributed by atoms with van der Waals surface area (Å²) in [4.78, 5) is 22.6. The second kappa shape index (κ2) is 6.31. The van der Waals surface area contributed by atoms with Crippen LogP contribution in [0.2, 0.25) is 0 Å². The van der Waals surface area contributed by atoms with E-state index in [1.807, 2.05) is 0 Å². The maximum Gasteiger partial charge on any atom is 0.338 e. The third kappa shape index (κ3) is 4.17. The lowest BCUT2D eigenvalue weighted by molar-refractivity contribution is -0.384. The van der Waals surface area contributed by atoms with Crippen LogP contribution in [0.3, 0.4) is 0 Å². The summed E-state index contributed by atoms with van der Waals surface area (Å²) in [7, 11) is 0. The zero-order valence-electron chi connectivity index (χ0n) is 12.9. The monoisotopic (exact) mass is 308 g/mol. The van der Waals surface area contributed by atoms with E-state index in [2.05, 4.69) is 5.32 Å². The summed E-state index contributed by atoms with van der Waals surface area (Å²) in [5.41, 5.74) is -0.125. The van der Waals surface area contributed by atoms with Gasteiger partial charge in [-0.05, 0) is 39.3 Å². The summed E-state index contributed by atoms with van der Waals surface area (Å²) < 4.78 is 10.5. The van der Waals surface area contributed by atoms with Gasteiger partial charge in [0.2, 0.25) is 0 Å². The molecule has 1 aromatic rings. The fraction of sp³-hybridized carbons (Fsp3) is 0.533. The molecule has 0 aliphatic carbocycles. The second-order valence-electron chi connectivity index (χ2n) is 6.15. The molecule has 0 saturated carbocycles. The van der Waals surface area contributed by atoms with Crippen LogP contribution in [0.5, 0.6) is 0 Å². The molecule has 0 spiro atoms. The third-order valence-corrected chi connectivity index (χ3v) is 3.14. The third-order valence-electron chi connectivity index (χ3n) is 3.14. The molecule has 2 rings (SSSR count). The van der Waals surface area contributed by atoms with Gasteiger partial charge < -0.3 is 14.8 Å². The van der Waals surface area contributed by atoms with Crippen LogP contribution in [0.4, 0.5) is 11.4 Å². The van der Waals surface area contributed by atoms with Gasteiger partial charge in [-0.15, -0.1) is 0 Å². The first kappa shape index (κ1) is 16.2. The van der Waals surface area contributed by atoms with Crippen molar-refractivity contribution in [3.63, 3.8) is 0 Å². The lowest BCUT2D eigenvalue weighted by atomic mass is 10.1. The average molecular weight is 308 g/mol. The largest absolute Gasteiger partial charge is 0.456 e. The molecule has 0 amide bonds. The summed E-state index contributed by atoms with van der Waals surface area (Å²) >= 11 is 0. The van der Waals surface area contributed by atoms with Crippen molar-refractivity contribution >= 4 is 17.3 Å². The van der Waals surface area contributed by atoms with Crippen LogP contribution in [-0.4, -0.2) is 35.7 Å². The van der Waals surface area contributed by atoms with Crippen LogP contribution >= 0.6 is 0 Å². The smallest absolute Gasteiger partial charge is 0.338 e. The van der Waals surface area contributed by atoms with Gasteiger partial charge in [0.05, 0.1) is 16.6 Å². The van der Waals surface area contributed by atoms with E-state index in [1.165, 1.54) is 18.2 Å². The molecule has 7 heteroatoms. The van der Waals surface area contributed by atoms with Crippen LogP contribution in [0, 0.1) is 10.1 Å². The highest BCUT2D eigenvalue weighted by Crippen LogP contribution is 2.27. The number of hydrogen-bond acceptors (Lipinski definition) is 6. The van der Waals surface area contributed by atoms with Crippen molar-refractivity contribution in [2.75, 3.05) is 18.5 Å². The Morgan fingerprint density at radius 2 is 2.18 bits per heavy atom. The van der Waals surface area contributed by atoms with E-state index in [1.54, 1.807) is 20.8 Å². The van der Waals surface area contributed by atoms with Gasteiger partial charge >= 0.3 is 5.97 Å². The molecule has 1 saturated heterocycles. The Hall–Kier alpha value is -2.15. The van der Waals surface area contributed by atoms with Gasteiger partial charge in [-0.2, -0.15) is 0 Å². The summed E-state index contributed by atoms with van der Waals surface area (Å²) in [6, 6.07) is 4.16. The zero-order valence-corrected chi connectivity index (χ0v) is 12.9. The predicted octanol–water partition coefficient (Wildman–Crippen LogP) is 2.75. The number of benzene rings is 1. The fourth-order valence-corrected chi connectivity index (χ4v) is 1.97. The molecular weight excluding hydrogens is 288 g/mol. The van der Waals surface area contributed by atoms with Crippen molar-refractivity contribution in [3.8, 4) is 0 Å². The normalized spacial score (nSPS) is 17.5. The van der Waals surface area contributed by atoms with E-state index >= 15 is 0 Å². The van der Waals surface area contributed by atoms with E-state index in [0.29, 0.717) is 18.8 Å². The van der Waals surface area contributed by atoms with Crippen molar-refractivity contribution in [1.29, 1.82) is 0 Å². The topological polar surface area (TPSA) is 90.7 Å². The Bertz CT molecular complexity index is 576. The number of esters is 1. The van der Waals surface area contributed by atoms with Crippen LogP contribution in [0.15, 0.2) is 18.2 Å². The molecule has 1 N–H and O–H groups in total. The van der Waals surface area contributed by atoms with Crippen LogP contribution < -0.4 is 5.32 Å². The van der Waals surface area contributed by atoms with Crippen molar-refractivity contribution in [1.82, 2.24) is 0 Å². The number of nitrogens with zero attached hydrogens (tertiary/aromatic N) is 1. The van der Waals surface area contributed by atoms with Gasteiger partial charge in [0, 0.05) is 19.2 Å². The van der Waals surface area contributed by atoms with E-state index in [9.17, 15) is 14.9 Å². The molecule has 1 atom stereocenters. The van der Waals surface area contributed by atoms with Gasteiger partial charge in [-0.1, -0.05) is 0 Å². The molecule has 7 nitrogen and oxygen atoms in total. The molecule has 0 radical (unpaired) electrons.